The van der Waals surface area contributed by atoms with E-state index in [1.165, 1.54) is 19.3 Å². The number of hydrogen-bond donors (Lipinski definition) is 2. The van der Waals surface area contributed by atoms with Gasteiger partial charge in [-0.2, -0.15) is 0 Å². The fourth-order valence-corrected chi connectivity index (χ4v) is 10.4. The highest BCUT2D eigenvalue weighted by Crippen LogP contribution is 2.70. The van der Waals surface area contributed by atoms with Crippen molar-refractivity contribution in [1.29, 1.82) is 0 Å². The second-order valence-corrected chi connectivity index (χ2v) is 14.0. The minimum absolute atomic E-state index is 0.164. The number of fused-ring (bicyclic) bond motifs is 5. The standard InChI is InChI=1S/C29H46O4/c1-16-11-21(16)17(2)12-26(32)29(15-33-29)24-8-7-22-20-6-5-18-13-19(30)9-10-27(18,3)23(20)14-25(31)28(22,24)4/h16-18,20-26,31-32H,5-15H2,1-4H3/t16-,17-,18+,20?,21+,22?,23?,24+,25-,26-,27+,28+,29+/m1/s1. The Balaban J connectivity index is 1.24. The van der Waals surface area contributed by atoms with E-state index in [1.54, 1.807) is 0 Å². The van der Waals surface area contributed by atoms with E-state index in [1.807, 2.05) is 0 Å². The second kappa shape index (κ2) is 7.53. The molecule has 3 unspecified atom stereocenters. The monoisotopic (exact) mass is 458 g/mol. The summed E-state index contributed by atoms with van der Waals surface area (Å²) in [5.74, 6) is 5.04. The van der Waals surface area contributed by atoms with Crippen LogP contribution in [0.25, 0.3) is 0 Å². The highest BCUT2D eigenvalue weighted by molar-refractivity contribution is 5.79. The maximum Gasteiger partial charge on any atom is 0.133 e. The first-order chi connectivity index (χ1) is 15.6. The van der Waals surface area contributed by atoms with Gasteiger partial charge in [0.1, 0.15) is 11.4 Å². The third kappa shape index (κ3) is 3.22. The van der Waals surface area contributed by atoms with E-state index in [0.717, 1.165) is 56.8 Å². The van der Waals surface area contributed by atoms with Crippen LogP contribution in [-0.4, -0.2) is 40.4 Å². The van der Waals surface area contributed by atoms with Crippen LogP contribution in [0, 0.1) is 58.2 Å². The number of carbonyl (C=O) groups is 1. The van der Waals surface area contributed by atoms with Crippen molar-refractivity contribution in [2.45, 2.75) is 110 Å². The van der Waals surface area contributed by atoms with E-state index in [2.05, 4.69) is 27.7 Å². The number of rotatable bonds is 5. The zero-order valence-electron chi connectivity index (χ0n) is 21.3. The summed E-state index contributed by atoms with van der Waals surface area (Å²) in [6.45, 7) is 10.1. The van der Waals surface area contributed by atoms with Gasteiger partial charge in [-0.15, -0.1) is 0 Å². The van der Waals surface area contributed by atoms with Crippen LogP contribution in [0.15, 0.2) is 0 Å². The van der Waals surface area contributed by atoms with Gasteiger partial charge < -0.3 is 14.9 Å². The summed E-state index contributed by atoms with van der Waals surface area (Å²) in [7, 11) is 0. The molecular formula is C29H46O4. The normalized spacial score (nSPS) is 57.0. The van der Waals surface area contributed by atoms with Crippen molar-refractivity contribution in [3.05, 3.63) is 0 Å². The van der Waals surface area contributed by atoms with Crippen molar-refractivity contribution >= 4 is 5.78 Å². The van der Waals surface area contributed by atoms with Gasteiger partial charge in [-0.05, 0) is 98.2 Å². The van der Waals surface area contributed by atoms with Crippen molar-refractivity contribution in [1.82, 2.24) is 0 Å². The van der Waals surface area contributed by atoms with Gasteiger partial charge >= 0.3 is 0 Å². The van der Waals surface area contributed by atoms with E-state index < -0.39 is 11.7 Å². The van der Waals surface area contributed by atoms with Crippen LogP contribution in [0.5, 0.6) is 0 Å². The first kappa shape index (κ1) is 23.0. The Bertz CT molecular complexity index is 805. The van der Waals surface area contributed by atoms with E-state index in [4.69, 9.17) is 4.74 Å². The van der Waals surface area contributed by atoms with Crippen LogP contribution in [0.1, 0.15) is 91.9 Å². The van der Waals surface area contributed by atoms with Gasteiger partial charge in [0.05, 0.1) is 18.8 Å². The number of epoxide rings is 1. The quantitative estimate of drug-likeness (QED) is 0.569. The molecule has 4 nitrogen and oxygen atoms in total. The van der Waals surface area contributed by atoms with Crippen LogP contribution in [0.2, 0.25) is 0 Å². The van der Waals surface area contributed by atoms with E-state index >= 15 is 0 Å². The molecular weight excluding hydrogens is 412 g/mol. The Morgan fingerprint density at radius 1 is 1.12 bits per heavy atom. The minimum Gasteiger partial charge on any atom is -0.393 e. The molecule has 1 aliphatic heterocycles. The van der Waals surface area contributed by atoms with Gasteiger partial charge in [-0.25, -0.2) is 0 Å². The molecule has 186 valence electrons. The Morgan fingerprint density at radius 2 is 1.85 bits per heavy atom. The summed E-state index contributed by atoms with van der Waals surface area (Å²) < 4.78 is 6.19. The summed E-state index contributed by atoms with van der Waals surface area (Å²) in [5, 5.41) is 23.2. The molecule has 2 N–H and O–H groups in total. The Morgan fingerprint density at radius 3 is 2.52 bits per heavy atom. The number of ether oxygens (including phenoxy) is 1. The van der Waals surface area contributed by atoms with Crippen molar-refractivity contribution < 1.29 is 19.7 Å². The van der Waals surface area contributed by atoms with Crippen LogP contribution >= 0.6 is 0 Å². The molecule has 13 atom stereocenters. The topological polar surface area (TPSA) is 70.1 Å². The lowest BCUT2D eigenvalue weighted by molar-refractivity contribution is -0.176. The van der Waals surface area contributed by atoms with Crippen molar-refractivity contribution in [2.24, 2.45) is 58.2 Å². The van der Waals surface area contributed by atoms with E-state index in [-0.39, 0.29) is 22.9 Å². The van der Waals surface area contributed by atoms with Crippen LogP contribution in [0.3, 0.4) is 0 Å². The SMILES string of the molecule is C[C@@H]1C[C@@H]1[C@H](C)C[C@@H](O)[C@@]1([C@H]2CCC3C4CC[C@H]5CC(=O)CC[C@]5(C)C4C[C@@H](O)[C@@]32C)CO1. The van der Waals surface area contributed by atoms with E-state index in [9.17, 15) is 15.0 Å². The summed E-state index contributed by atoms with van der Waals surface area (Å²) in [4.78, 5) is 12.2. The second-order valence-electron chi connectivity index (χ2n) is 14.0. The van der Waals surface area contributed by atoms with Gasteiger partial charge in [0, 0.05) is 24.2 Å². The first-order valence-corrected chi connectivity index (χ1v) is 14.1. The number of aliphatic hydroxyl groups excluding tert-OH is 2. The number of hydrogen-bond acceptors (Lipinski definition) is 4. The molecule has 6 rings (SSSR count). The smallest absolute Gasteiger partial charge is 0.133 e. The summed E-state index contributed by atoms with van der Waals surface area (Å²) in [5.41, 5.74) is -0.384. The molecule has 6 fully saturated rings. The lowest BCUT2D eigenvalue weighted by Crippen LogP contribution is -2.60. The highest BCUT2D eigenvalue weighted by atomic mass is 16.6. The Kier molecular flexibility index (Phi) is 5.24. The number of carbonyl (C=O) groups excluding carboxylic acids is 1. The first-order valence-electron chi connectivity index (χ1n) is 14.1. The van der Waals surface area contributed by atoms with Gasteiger partial charge in [-0.3, -0.25) is 4.79 Å². The van der Waals surface area contributed by atoms with Gasteiger partial charge in [0.15, 0.2) is 0 Å². The lowest BCUT2D eigenvalue weighted by Gasteiger charge is -2.62. The van der Waals surface area contributed by atoms with Gasteiger partial charge in [0.2, 0.25) is 0 Å². The molecule has 33 heavy (non-hydrogen) atoms. The molecule has 0 aromatic heterocycles. The van der Waals surface area contributed by atoms with Crippen molar-refractivity contribution in [3.63, 3.8) is 0 Å². The average molecular weight is 459 g/mol. The van der Waals surface area contributed by atoms with Gasteiger partial charge in [0.25, 0.3) is 0 Å². The number of ketones is 1. The summed E-state index contributed by atoms with van der Waals surface area (Å²) in [6, 6.07) is 0. The molecule has 0 bridgehead atoms. The third-order valence-corrected chi connectivity index (χ3v) is 12.7. The average Bonchev–Trinajstić information content (AvgIpc) is 3.68. The predicted molar refractivity (Wildman–Crippen MR) is 127 cm³/mol. The maximum atomic E-state index is 12.2. The molecule has 0 aromatic carbocycles. The lowest BCUT2D eigenvalue weighted by atomic mass is 9.43. The highest BCUT2D eigenvalue weighted by Gasteiger charge is 2.71. The summed E-state index contributed by atoms with van der Waals surface area (Å²) in [6.07, 6.45) is 9.40. The number of aliphatic hydroxyl groups is 2. The molecule has 6 aliphatic rings. The molecule has 4 heteroatoms. The largest absolute Gasteiger partial charge is 0.393 e. The molecule has 1 heterocycles. The van der Waals surface area contributed by atoms with Crippen molar-refractivity contribution in [2.75, 3.05) is 6.61 Å². The summed E-state index contributed by atoms with van der Waals surface area (Å²) >= 11 is 0. The number of Topliss-reactive ketones (excluding diaryl/α,β-unsaturated/α-hetero) is 1. The third-order valence-electron chi connectivity index (χ3n) is 12.7. The van der Waals surface area contributed by atoms with Crippen molar-refractivity contribution in [3.8, 4) is 0 Å². The molecule has 0 aromatic rings. The molecule has 1 saturated heterocycles. The molecule has 0 radical (unpaired) electrons. The Labute approximate surface area is 200 Å². The van der Waals surface area contributed by atoms with Crippen LogP contribution in [0.4, 0.5) is 0 Å². The fraction of sp³-hybridized carbons (Fsp3) is 0.966. The molecule has 5 saturated carbocycles. The predicted octanol–water partition coefficient (Wildman–Crippen LogP) is 5.00. The molecule has 5 aliphatic carbocycles. The van der Waals surface area contributed by atoms with E-state index in [0.29, 0.717) is 42.0 Å². The maximum absolute atomic E-state index is 12.2. The molecule has 0 spiro atoms. The minimum atomic E-state index is -0.429. The van der Waals surface area contributed by atoms with Gasteiger partial charge in [-0.1, -0.05) is 27.7 Å². The molecule has 0 amide bonds. The fourth-order valence-electron chi connectivity index (χ4n) is 10.4. The Hall–Kier alpha value is -0.450. The zero-order chi connectivity index (χ0) is 23.3. The van der Waals surface area contributed by atoms with Crippen LogP contribution in [-0.2, 0) is 9.53 Å². The zero-order valence-corrected chi connectivity index (χ0v) is 21.3. The van der Waals surface area contributed by atoms with Crippen LogP contribution < -0.4 is 0 Å².